The van der Waals surface area contributed by atoms with Crippen molar-refractivity contribution in [3.8, 4) is 11.5 Å². The molecular weight excluding hydrogens is 430 g/mol. The van der Waals surface area contributed by atoms with Crippen molar-refractivity contribution in [3.63, 3.8) is 0 Å². The summed E-state index contributed by atoms with van der Waals surface area (Å²) in [5.41, 5.74) is -0.0394. The van der Waals surface area contributed by atoms with Crippen LogP contribution >= 0.6 is 11.8 Å². The lowest BCUT2D eigenvalue weighted by molar-refractivity contribution is -0.385. The summed E-state index contributed by atoms with van der Waals surface area (Å²) in [5, 5.41) is 21.8. The van der Waals surface area contributed by atoms with E-state index in [0.29, 0.717) is 17.3 Å². The number of hydrogen-bond acceptors (Lipinski definition) is 9. The van der Waals surface area contributed by atoms with Gasteiger partial charge in [0.1, 0.15) is 0 Å². The Bertz CT molecular complexity index is 1130. The van der Waals surface area contributed by atoms with Gasteiger partial charge in [0, 0.05) is 12.1 Å². The van der Waals surface area contributed by atoms with Gasteiger partial charge in [-0.3, -0.25) is 34.7 Å². The van der Waals surface area contributed by atoms with Crippen LogP contribution in [0, 0.1) is 20.2 Å². The van der Waals surface area contributed by atoms with Gasteiger partial charge in [-0.15, -0.1) is 0 Å². The highest BCUT2D eigenvalue weighted by molar-refractivity contribution is 8.18. The van der Waals surface area contributed by atoms with Crippen LogP contribution in [0.1, 0.15) is 11.1 Å². The molecule has 1 fully saturated rings. The molecule has 0 N–H and O–H groups in total. The Morgan fingerprint density at radius 1 is 1.03 bits per heavy atom. The van der Waals surface area contributed by atoms with Crippen molar-refractivity contribution in [2.75, 3.05) is 14.2 Å². The lowest BCUT2D eigenvalue weighted by Crippen LogP contribution is -2.27. The SMILES string of the molecule is COc1cc(/C=C2/SC(=O)N(Cc3cccc([N+](=O)[O-])c3)C2=O)c([N+](=O)[O-])cc1OC. The van der Waals surface area contributed by atoms with Gasteiger partial charge >= 0.3 is 0 Å². The molecule has 1 aliphatic heterocycles. The highest BCUT2D eigenvalue weighted by Gasteiger charge is 2.36. The fourth-order valence-corrected chi connectivity index (χ4v) is 3.72. The van der Waals surface area contributed by atoms with Gasteiger partial charge in [-0.2, -0.15) is 0 Å². The van der Waals surface area contributed by atoms with Crippen LogP contribution in [0.25, 0.3) is 6.08 Å². The second-order valence-electron chi connectivity index (χ2n) is 6.22. The average Bonchev–Trinajstić information content (AvgIpc) is 3.00. The van der Waals surface area contributed by atoms with Crippen molar-refractivity contribution in [1.29, 1.82) is 0 Å². The number of ether oxygens (including phenoxy) is 2. The lowest BCUT2D eigenvalue weighted by atomic mass is 10.1. The van der Waals surface area contributed by atoms with Gasteiger partial charge in [-0.25, -0.2) is 0 Å². The number of nitro benzene ring substituents is 2. The molecule has 0 bridgehead atoms. The number of amides is 2. The number of rotatable bonds is 7. The van der Waals surface area contributed by atoms with E-state index in [4.69, 9.17) is 9.47 Å². The monoisotopic (exact) mass is 445 g/mol. The third kappa shape index (κ3) is 4.48. The molecule has 2 aromatic rings. The number of hydrogen-bond donors (Lipinski definition) is 0. The Hall–Kier alpha value is -3.93. The number of non-ortho nitro benzene ring substituents is 1. The number of methoxy groups -OCH3 is 2. The van der Waals surface area contributed by atoms with Crippen LogP contribution in [0.2, 0.25) is 0 Å². The number of carbonyl (C=O) groups is 2. The summed E-state index contributed by atoms with van der Waals surface area (Å²) in [7, 11) is 2.70. The lowest BCUT2D eigenvalue weighted by Gasteiger charge is -2.12. The first-order chi connectivity index (χ1) is 14.7. The molecule has 1 saturated heterocycles. The Labute approximate surface area is 179 Å². The largest absolute Gasteiger partial charge is 0.493 e. The second kappa shape index (κ2) is 8.83. The Morgan fingerprint density at radius 2 is 1.71 bits per heavy atom. The minimum atomic E-state index is -0.661. The van der Waals surface area contributed by atoms with Gasteiger partial charge in [-0.1, -0.05) is 12.1 Å². The van der Waals surface area contributed by atoms with Gasteiger partial charge in [0.05, 0.1) is 47.1 Å². The van der Waals surface area contributed by atoms with E-state index in [1.165, 1.54) is 44.6 Å². The molecule has 12 heteroatoms. The molecule has 1 heterocycles. The summed E-state index contributed by atoms with van der Waals surface area (Å²) in [6.07, 6.45) is 1.23. The van der Waals surface area contributed by atoms with E-state index in [1.54, 1.807) is 6.07 Å². The normalized spacial score (nSPS) is 14.8. The summed E-state index contributed by atoms with van der Waals surface area (Å²) in [6.45, 7) is -0.169. The first kappa shape index (κ1) is 21.8. The Balaban J connectivity index is 1.94. The molecule has 3 rings (SSSR count). The first-order valence-corrected chi connectivity index (χ1v) is 9.46. The van der Waals surface area contributed by atoms with Crippen molar-refractivity contribution < 1.29 is 28.9 Å². The number of carbonyl (C=O) groups excluding carboxylic acids is 2. The molecule has 0 spiro atoms. The first-order valence-electron chi connectivity index (χ1n) is 8.64. The Morgan fingerprint density at radius 3 is 2.32 bits per heavy atom. The van der Waals surface area contributed by atoms with E-state index in [1.807, 2.05) is 0 Å². The molecule has 0 saturated carbocycles. The third-order valence-corrected chi connectivity index (χ3v) is 5.26. The molecule has 0 aromatic heterocycles. The van der Waals surface area contributed by atoms with E-state index < -0.39 is 21.0 Å². The molecule has 0 radical (unpaired) electrons. The molecule has 2 aromatic carbocycles. The van der Waals surface area contributed by atoms with E-state index >= 15 is 0 Å². The van der Waals surface area contributed by atoms with Crippen molar-refractivity contribution in [2.24, 2.45) is 0 Å². The van der Waals surface area contributed by atoms with Crippen LogP contribution in [-0.4, -0.2) is 40.1 Å². The predicted molar refractivity (Wildman–Crippen MR) is 111 cm³/mol. The highest BCUT2D eigenvalue weighted by Crippen LogP contribution is 2.39. The van der Waals surface area contributed by atoms with Gasteiger partial charge in [0.15, 0.2) is 11.5 Å². The van der Waals surface area contributed by atoms with Crippen molar-refractivity contribution in [1.82, 2.24) is 4.90 Å². The molecule has 1 aliphatic rings. The number of nitro groups is 2. The zero-order valence-electron chi connectivity index (χ0n) is 16.3. The van der Waals surface area contributed by atoms with Gasteiger partial charge in [0.25, 0.3) is 22.5 Å². The molecule has 11 nitrogen and oxygen atoms in total. The summed E-state index contributed by atoms with van der Waals surface area (Å²) in [5.74, 6) is -0.300. The molecular formula is C19H15N3O8S. The minimum absolute atomic E-state index is 0.0225. The van der Waals surface area contributed by atoms with Crippen LogP contribution < -0.4 is 9.47 Å². The third-order valence-electron chi connectivity index (χ3n) is 4.35. The molecule has 160 valence electrons. The van der Waals surface area contributed by atoms with Crippen LogP contribution in [0.4, 0.5) is 16.2 Å². The van der Waals surface area contributed by atoms with Gasteiger partial charge < -0.3 is 9.47 Å². The summed E-state index contributed by atoms with van der Waals surface area (Å²) >= 11 is 0.620. The van der Waals surface area contributed by atoms with Crippen LogP contribution in [0.3, 0.4) is 0 Å². The van der Waals surface area contributed by atoms with E-state index in [9.17, 15) is 29.8 Å². The van der Waals surface area contributed by atoms with Crippen molar-refractivity contribution >= 4 is 40.4 Å². The van der Waals surface area contributed by atoms with Crippen LogP contribution in [-0.2, 0) is 11.3 Å². The van der Waals surface area contributed by atoms with E-state index in [-0.39, 0.29) is 39.9 Å². The van der Waals surface area contributed by atoms with Gasteiger partial charge in [-0.05, 0) is 29.5 Å². The number of imide groups is 1. The smallest absolute Gasteiger partial charge is 0.293 e. The van der Waals surface area contributed by atoms with Crippen LogP contribution in [0.5, 0.6) is 11.5 Å². The minimum Gasteiger partial charge on any atom is -0.493 e. The predicted octanol–water partition coefficient (Wildman–Crippen LogP) is 3.76. The number of benzene rings is 2. The summed E-state index contributed by atoms with van der Waals surface area (Å²) in [4.78, 5) is 47.2. The highest BCUT2D eigenvalue weighted by atomic mass is 32.2. The van der Waals surface area contributed by atoms with Crippen LogP contribution in [0.15, 0.2) is 41.3 Å². The van der Waals surface area contributed by atoms with Crippen molar-refractivity contribution in [3.05, 3.63) is 72.7 Å². The van der Waals surface area contributed by atoms with Gasteiger partial charge in [0.2, 0.25) is 0 Å². The Kier molecular flexibility index (Phi) is 6.20. The maximum atomic E-state index is 12.8. The fraction of sp³-hybridized carbons (Fsp3) is 0.158. The van der Waals surface area contributed by atoms with Crippen molar-refractivity contribution in [2.45, 2.75) is 6.54 Å². The summed E-state index contributed by atoms with van der Waals surface area (Å²) in [6, 6.07) is 8.08. The average molecular weight is 445 g/mol. The number of nitrogens with zero attached hydrogens (tertiary/aromatic N) is 3. The maximum absolute atomic E-state index is 12.8. The fourth-order valence-electron chi connectivity index (χ4n) is 2.89. The molecule has 2 amide bonds. The maximum Gasteiger partial charge on any atom is 0.293 e. The zero-order valence-corrected chi connectivity index (χ0v) is 17.1. The molecule has 31 heavy (non-hydrogen) atoms. The van der Waals surface area contributed by atoms with E-state index in [0.717, 1.165) is 11.0 Å². The molecule has 0 atom stereocenters. The number of thioether (sulfide) groups is 1. The molecule has 0 unspecified atom stereocenters. The summed E-state index contributed by atoms with van der Waals surface area (Å²) < 4.78 is 10.2. The standard InChI is InChI=1S/C19H15N3O8S/c1-29-15-7-12(14(22(27)28)9-16(15)30-2)8-17-18(23)20(19(24)31-17)10-11-4-3-5-13(6-11)21(25)26/h3-9H,10H2,1-2H3/b17-8+. The second-order valence-corrected chi connectivity index (χ2v) is 7.21. The zero-order chi connectivity index (χ0) is 22.7. The quantitative estimate of drug-likeness (QED) is 0.353. The molecule has 0 aliphatic carbocycles. The topological polar surface area (TPSA) is 142 Å². The van der Waals surface area contributed by atoms with E-state index in [2.05, 4.69) is 0 Å².